The summed E-state index contributed by atoms with van der Waals surface area (Å²) in [5.41, 5.74) is 5.21. The molecule has 0 radical (unpaired) electrons. The van der Waals surface area contributed by atoms with Crippen LogP contribution in [0, 0.1) is 11.3 Å². The number of carbonyl (C=O) groups is 1. The molecule has 1 amide bonds. The van der Waals surface area contributed by atoms with E-state index in [1.807, 2.05) is 0 Å². The second-order valence-corrected chi connectivity index (χ2v) is 7.03. The molecule has 118 valence electrons. The van der Waals surface area contributed by atoms with E-state index in [0.29, 0.717) is 12.0 Å². The normalized spacial score (nSPS) is 32.8. The number of nitrogens with zero attached hydrogens (tertiary/aromatic N) is 2. The standard InChI is InChI=1S/C16H27N3O2/c17-14(18-21)16(9-3-4-10-16)15(20)19-11-5-7-12-6-1-2-8-13(12)19/h12-13,21H,1-11H2,(H2,17,18). The van der Waals surface area contributed by atoms with Gasteiger partial charge >= 0.3 is 0 Å². The third kappa shape index (κ3) is 2.40. The fourth-order valence-corrected chi connectivity index (χ4v) is 4.81. The van der Waals surface area contributed by atoms with Gasteiger partial charge in [-0.3, -0.25) is 4.79 Å². The molecule has 1 saturated heterocycles. The number of oxime groups is 1. The minimum atomic E-state index is -0.728. The van der Waals surface area contributed by atoms with Crippen LogP contribution in [-0.4, -0.2) is 34.4 Å². The number of amides is 1. The Labute approximate surface area is 126 Å². The van der Waals surface area contributed by atoms with Crippen LogP contribution >= 0.6 is 0 Å². The molecule has 5 heteroatoms. The van der Waals surface area contributed by atoms with E-state index in [2.05, 4.69) is 10.1 Å². The van der Waals surface area contributed by atoms with E-state index in [1.165, 1.54) is 25.7 Å². The van der Waals surface area contributed by atoms with Crippen LogP contribution in [-0.2, 0) is 4.79 Å². The maximum absolute atomic E-state index is 13.2. The van der Waals surface area contributed by atoms with Crippen molar-refractivity contribution in [1.29, 1.82) is 0 Å². The first-order valence-corrected chi connectivity index (χ1v) is 8.48. The van der Waals surface area contributed by atoms with Crippen molar-refractivity contribution in [3.8, 4) is 0 Å². The number of carbonyl (C=O) groups excluding carboxylic acids is 1. The third-order valence-electron chi connectivity index (χ3n) is 5.97. The van der Waals surface area contributed by atoms with Crippen LogP contribution in [0.15, 0.2) is 5.16 Å². The first-order chi connectivity index (χ1) is 10.2. The molecule has 21 heavy (non-hydrogen) atoms. The smallest absolute Gasteiger partial charge is 0.236 e. The fraction of sp³-hybridized carbons (Fsp3) is 0.875. The Balaban J connectivity index is 1.85. The molecule has 0 aromatic rings. The summed E-state index contributed by atoms with van der Waals surface area (Å²) >= 11 is 0. The van der Waals surface area contributed by atoms with Crippen molar-refractivity contribution in [2.75, 3.05) is 6.54 Å². The summed E-state index contributed by atoms with van der Waals surface area (Å²) in [7, 11) is 0. The Morgan fingerprint density at radius 1 is 1.10 bits per heavy atom. The summed E-state index contributed by atoms with van der Waals surface area (Å²) in [4.78, 5) is 15.3. The van der Waals surface area contributed by atoms with Gasteiger partial charge in [0.1, 0.15) is 5.41 Å². The third-order valence-corrected chi connectivity index (χ3v) is 5.97. The van der Waals surface area contributed by atoms with Gasteiger partial charge < -0.3 is 15.8 Å². The number of hydrogen-bond acceptors (Lipinski definition) is 3. The van der Waals surface area contributed by atoms with Gasteiger partial charge in [-0.05, 0) is 44.4 Å². The Morgan fingerprint density at radius 3 is 2.48 bits per heavy atom. The van der Waals surface area contributed by atoms with E-state index in [0.717, 1.165) is 45.1 Å². The summed E-state index contributed by atoms with van der Waals surface area (Å²) < 4.78 is 0. The van der Waals surface area contributed by atoms with Gasteiger partial charge in [-0.1, -0.05) is 30.8 Å². The highest BCUT2D eigenvalue weighted by Gasteiger charge is 2.50. The van der Waals surface area contributed by atoms with Crippen molar-refractivity contribution in [3.63, 3.8) is 0 Å². The molecule has 3 aliphatic rings. The molecule has 0 bridgehead atoms. The van der Waals surface area contributed by atoms with Gasteiger partial charge in [0, 0.05) is 12.6 Å². The number of amidine groups is 1. The van der Waals surface area contributed by atoms with Crippen molar-refractivity contribution >= 4 is 11.7 Å². The second kappa shape index (κ2) is 5.85. The van der Waals surface area contributed by atoms with Crippen LogP contribution < -0.4 is 5.73 Å². The number of piperidine rings is 1. The summed E-state index contributed by atoms with van der Waals surface area (Å²) in [6, 6.07) is 0.393. The lowest BCUT2D eigenvalue weighted by molar-refractivity contribution is -0.144. The molecule has 0 aromatic heterocycles. The van der Waals surface area contributed by atoms with E-state index in [4.69, 9.17) is 10.9 Å². The van der Waals surface area contributed by atoms with Crippen molar-refractivity contribution in [3.05, 3.63) is 0 Å². The summed E-state index contributed by atoms with van der Waals surface area (Å²) in [5, 5.41) is 12.3. The number of hydrogen-bond donors (Lipinski definition) is 2. The average molecular weight is 293 g/mol. The van der Waals surface area contributed by atoms with Gasteiger partial charge in [0.15, 0.2) is 5.84 Å². The molecule has 0 spiro atoms. The first kappa shape index (κ1) is 14.7. The molecule has 2 atom stereocenters. The van der Waals surface area contributed by atoms with Crippen molar-refractivity contribution in [1.82, 2.24) is 4.90 Å². The van der Waals surface area contributed by atoms with Gasteiger partial charge in [0.25, 0.3) is 0 Å². The highest BCUT2D eigenvalue weighted by molar-refractivity contribution is 6.07. The molecule has 3 rings (SSSR count). The zero-order valence-corrected chi connectivity index (χ0v) is 12.8. The molecular formula is C16H27N3O2. The van der Waals surface area contributed by atoms with Crippen LogP contribution in [0.3, 0.4) is 0 Å². The molecular weight excluding hydrogens is 266 g/mol. The lowest BCUT2D eigenvalue weighted by Gasteiger charge is -2.47. The second-order valence-electron chi connectivity index (χ2n) is 7.03. The SMILES string of the molecule is NC(=NO)C1(C(=O)N2CCCC3CCCCC32)CCCC1. The molecule has 1 aliphatic heterocycles. The molecule has 1 heterocycles. The van der Waals surface area contributed by atoms with Gasteiger partial charge in [0.2, 0.25) is 5.91 Å². The Bertz CT molecular complexity index is 427. The molecule has 0 aromatic carbocycles. The van der Waals surface area contributed by atoms with Crippen molar-refractivity contribution in [2.45, 2.75) is 70.3 Å². The maximum Gasteiger partial charge on any atom is 0.236 e. The van der Waals surface area contributed by atoms with E-state index in [9.17, 15) is 4.79 Å². The van der Waals surface area contributed by atoms with Crippen molar-refractivity contribution in [2.24, 2.45) is 22.2 Å². The number of nitrogens with two attached hydrogens (primary N) is 1. The largest absolute Gasteiger partial charge is 0.409 e. The Morgan fingerprint density at radius 2 is 1.76 bits per heavy atom. The van der Waals surface area contributed by atoms with Crippen LogP contribution in [0.4, 0.5) is 0 Å². The number of rotatable bonds is 2. The van der Waals surface area contributed by atoms with E-state index >= 15 is 0 Å². The Kier molecular flexibility index (Phi) is 4.09. The van der Waals surface area contributed by atoms with Crippen LogP contribution in [0.1, 0.15) is 64.2 Å². The lowest BCUT2D eigenvalue weighted by atomic mass is 9.75. The molecule has 2 saturated carbocycles. The molecule has 5 nitrogen and oxygen atoms in total. The van der Waals surface area contributed by atoms with E-state index in [-0.39, 0.29) is 11.7 Å². The predicted molar refractivity (Wildman–Crippen MR) is 81.0 cm³/mol. The Hall–Kier alpha value is -1.26. The summed E-state index contributed by atoms with van der Waals surface area (Å²) in [6.45, 7) is 0.848. The monoisotopic (exact) mass is 293 g/mol. The predicted octanol–water partition coefficient (Wildman–Crippen LogP) is 2.47. The van der Waals surface area contributed by atoms with Crippen LogP contribution in [0.25, 0.3) is 0 Å². The first-order valence-electron chi connectivity index (χ1n) is 8.48. The number of fused-ring (bicyclic) bond motifs is 1. The molecule has 3 fully saturated rings. The van der Waals surface area contributed by atoms with Crippen molar-refractivity contribution < 1.29 is 10.0 Å². The fourth-order valence-electron chi connectivity index (χ4n) is 4.81. The molecule has 2 unspecified atom stereocenters. The highest BCUT2D eigenvalue weighted by Crippen LogP contribution is 2.43. The summed E-state index contributed by atoms with van der Waals surface area (Å²) in [6.07, 6.45) is 10.7. The van der Waals surface area contributed by atoms with E-state index in [1.54, 1.807) is 0 Å². The molecule has 3 N–H and O–H groups in total. The topological polar surface area (TPSA) is 78.9 Å². The van der Waals surface area contributed by atoms with Gasteiger partial charge in [0.05, 0.1) is 0 Å². The highest BCUT2D eigenvalue weighted by atomic mass is 16.4. The summed E-state index contributed by atoms with van der Waals surface area (Å²) in [5.74, 6) is 0.928. The zero-order chi connectivity index (χ0) is 14.9. The lowest BCUT2D eigenvalue weighted by Crippen LogP contribution is -2.57. The quantitative estimate of drug-likeness (QED) is 0.355. The van der Waals surface area contributed by atoms with E-state index < -0.39 is 5.41 Å². The van der Waals surface area contributed by atoms with Gasteiger partial charge in [-0.15, -0.1) is 0 Å². The maximum atomic E-state index is 13.2. The minimum Gasteiger partial charge on any atom is -0.409 e. The van der Waals surface area contributed by atoms with Gasteiger partial charge in [-0.2, -0.15) is 0 Å². The van der Waals surface area contributed by atoms with Crippen LogP contribution in [0.5, 0.6) is 0 Å². The number of likely N-dealkylation sites (tertiary alicyclic amines) is 1. The molecule has 2 aliphatic carbocycles. The van der Waals surface area contributed by atoms with Crippen LogP contribution in [0.2, 0.25) is 0 Å². The minimum absolute atomic E-state index is 0.128. The zero-order valence-electron chi connectivity index (χ0n) is 12.8. The van der Waals surface area contributed by atoms with Gasteiger partial charge in [-0.25, -0.2) is 0 Å². The average Bonchev–Trinajstić information content (AvgIpc) is 3.03.